The van der Waals surface area contributed by atoms with E-state index in [4.69, 9.17) is 0 Å². The van der Waals surface area contributed by atoms with Crippen LogP contribution in [0.2, 0.25) is 0 Å². The van der Waals surface area contributed by atoms with Gasteiger partial charge in [0.1, 0.15) is 4.21 Å². The molecule has 0 unspecified atom stereocenters. The summed E-state index contributed by atoms with van der Waals surface area (Å²) in [7, 11) is -3.37. The molecule has 2 rings (SSSR count). The molecule has 1 fully saturated rings. The van der Waals surface area contributed by atoms with Crippen LogP contribution in [0.1, 0.15) is 32.1 Å². The standard InChI is InChI=1S/C15H27N3O2S2.2ClH/c1-15(2,3)13-5-6-14(21-13)22(19,20)17-7-4-10-18-11-8-16-9-12-18;;/h5-6,16-17H,4,7-12H2,1-3H3;2*1H. The van der Waals surface area contributed by atoms with Crippen molar-refractivity contribution in [2.75, 3.05) is 39.3 Å². The number of hydrogen-bond acceptors (Lipinski definition) is 5. The lowest BCUT2D eigenvalue weighted by Crippen LogP contribution is -2.44. The predicted molar refractivity (Wildman–Crippen MR) is 107 cm³/mol. The van der Waals surface area contributed by atoms with Gasteiger partial charge in [-0.1, -0.05) is 20.8 Å². The van der Waals surface area contributed by atoms with Gasteiger partial charge in [0, 0.05) is 37.6 Å². The van der Waals surface area contributed by atoms with Crippen molar-refractivity contribution >= 4 is 46.2 Å². The molecule has 0 saturated carbocycles. The van der Waals surface area contributed by atoms with E-state index in [9.17, 15) is 8.42 Å². The van der Waals surface area contributed by atoms with E-state index in [1.54, 1.807) is 6.07 Å². The first-order valence-electron chi connectivity index (χ1n) is 7.82. The van der Waals surface area contributed by atoms with Crippen molar-refractivity contribution in [2.45, 2.75) is 36.8 Å². The van der Waals surface area contributed by atoms with Crippen LogP contribution in [-0.4, -0.2) is 52.6 Å². The van der Waals surface area contributed by atoms with E-state index in [0.29, 0.717) is 10.8 Å². The molecule has 0 amide bonds. The molecular weight excluding hydrogens is 389 g/mol. The summed E-state index contributed by atoms with van der Waals surface area (Å²) in [5.41, 5.74) is -0.0132. The molecule has 1 aliphatic rings. The Hall–Kier alpha value is 0.110. The Morgan fingerprint density at radius 1 is 1.21 bits per heavy atom. The fraction of sp³-hybridized carbons (Fsp3) is 0.733. The minimum atomic E-state index is -3.37. The first-order chi connectivity index (χ1) is 10.3. The number of thiophene rings is 1. The summed E-state index contributed by atoms with van der Waals surface area (Å²) >= 11 is 1.36. The molecule has 1 aliphatic heterocycles. The van der Waals surface area contributed by atoms with Crippen LogP contribution in [0, 0.1) is 0 Å². The van der Waals surface area contributed by atoms with E-state index in [2.05, 4.69) is 35.7 Å². The number of sulfonamides is 1. The van der Waals surface area contributed by atoms with Crippen LogP contribution < -0.4 is 10.0 Å². The maximum atomic E-state index is 12.3. The topological polar surface area (TPSA) is 61.4 Å². The molecule has 0 spiro atoms. The first kappa shape index (κ1) is 24.1. The molecule has 1 aromatic rings. The molecule has 1 saturated heterocycles. The fourth-order valence-corrected chi connectivity index (χ4v) is 4.87. The average Bonchev–Trinajstić information content (AvgIpc) is 2.95. The third-order valence-electron chi connectivity index (χ3n) is 3.74. The molecule has 0 aromatic carbocycles. The van der Waals surface area contributed by atoms with Crippen LogP contribution >= 0.6 is 36.2 Å². The Kier molecular flexibility index (Phi) is 10.4. The quantitative estimate of drug-likeness (QED) is 0.697. The number of halogens is 2. The zero-order valence-electron chi connectivity index (χ0n) is 14.5. The van der Waals surface area contributed by atoms with Gasteiger partial charge in [0.05, 0.1) is 0 Å². The van der Waals surface area contributed by atoms with Gasteiger partial charge in [-0.3, -0.25) is 0 Å². The highest BCUT2D eigenvalue weighted by atomic mass is 35.5. The summed E-state index contributed by atoms with van der Waals surface area (Å²) in [6.45, 7) is 11.9. The zero-order chi connectivity index (χ0) is 16.2. The van der Waals surface area contributed by atoms with Gasteiger partial charge in [0.25, 0.3) is 0 Å². The van der Waals surface area contributed by atoms with Crippen molar-refractivity contribution in [1.29, 1.82) is 0 Å². The van der Waals surface area contributed by atoms with Gasteiger partial charge in [0.15, 0.2) is 0 Å². The molecule has 0 aliphatic carbocycles. The number of rotatable bonds is 6. The van der Waals surface area contributed by atoms with Crippen molar-refractivity contribution in [3.05, 3.63) is 17.0 Å². The van der Waals surface area contributed by atoms with Gasteiger partial charge >= 0.3 is 0 Å². The number of piperazine rings is 1. The van der Waals surface area contributed by atoms with Gasteiger partial charge in [-0.15, -0.1) is 36.2 Å². The van der Waals surface area contributed by atoms with Crippen LogP contribution in [0.25, 0.3) is 0 Å². The molecule has 5 nitrogen and oxygen atoms in total. The monoisotopic (exact) mass is 417 g/mol. The summed E-state index contributed by atoms with van der Waals surface area (Å²) in [6, 6.07) is 3.63. The normalized spacial score (nSPS) is 16.3. The molecule has 142 valence electrons. The van der Waals surface area contributed by atoms with E-state index in [1.165, 1.54) is 11.3 Å². The van der Waals surface area contributed by atoms with Crippen LogP contribution in [0.4, 0.5) is 0 Å². The van der Waals surface area contributed by atoms with E-state index in [-0.39, 0.29) is 30.2 Å². The Balaban J connectivity index is 0.00000264. The Labute approximate surface area is 162 Å². The van der Waals surface area contributed by atoms with Gasteiger partial charge in [-0.25, -0.2) is 13.1 Å². The van der Waals surface area contributed by atoms with Crippen LogP contribution in [0.5, 0.6) is 0 Å². The second-order valence-electron chi connectivity index (χ2n) is 6.71. The SMILES string of the molecule is CC(C)(C)c1ccc(S(=O)(=O)NCCCN2CCNCC2)s1.Cl.Cl. The fourth-order valence-electron chi connectivity index (χ4n) is 2.38. The van der Waals surface area contributed by atoms with Gasteiger partial charge in [0.2, 0.25) is 10.0 Å². The minimum Gasteiger partial charge on any atom is -0.314 e. The van der Waals surface area contributed by atoms with Crippen molar-refractivity contribution in [3.63, 3.8) is 0 Å². The summed E-state index contributed by atoms with van der Waals surface area (Å²) in [5, 5.41) is 3.31. The number of nitrogens with one attached hydrogen (secondary N) is 2. The summed E-state index contributed by atoms with van der Waals surface area (Å²) < 4.78 is 27.7. The summed E-state index contributed by atoms with van der Waals surface area (Å²) in [5.74, 6) is 0. The third kappa shape index (κ3) is 7.15. The highest BCUT2D eigenvalue weighted by molar-refractivity contribution is 7.91. The van der Waals surface area contributed by atoms with Gasteiger partial charge < -0.3 is 10.2 Å². The molecule has 24 heavy (non-hydrogen) atoms. The maximum absolute atomic E-state index is 12.3. The van der Waals surface area contributed by atoms with Crippen LogP contribution in [0.15, 0.2) is 16.3 Å². The third-order valence-corrected chi connectivity index (χ3v) is 7.20. The number of hydrogen-bond donors (Lipinski definition) is 2. The predicted octanol–water partition coefficient (Wildman–Crippen LogP) is 2.46. The van der Waals surface area contributed by atoms with E-state index >= 15 is 0 Å². The summed E-state index contributed by atoms with van der Waals surface area (Å²) in [4.78, 5) is 3.46. The Morgan fingerprint density at radius 2 is 1.83 bits per heavy atom. The largest absolute Gasteiger partial charge is 0.314 e. The van der Waals surface area contributed by atoms with Crippen molar-refractivity contribution < 1.29 is 8.42 Å². The maximum Gasteiger partial charge on any atom is 0.250 e. The zero-order valence-corrected chi connectivity index (χ0v) is 17.8. The van der Waals surface area contributed by atoms with Crippen molar-refractivity contribution in [1.82, 2.24) is 14.9 Å². The molecule has 0 radical (unpaired) electrons. The smallest absolute Gasteiger partial charge is 0.250 e. The molecule has 2 N–H and O–H groups in total. The van der Waals surface area contributed by atoms with Crippen LogP contribution in [-0.2, 0) is 15.4 Å². The minimum absolute atomic E-state index is 0. The van der Waals surface area contributed by atoms with E-state index in [1.807, 2.05) is 6.07 Å². The lowest BCUT2D eigenvalue weighted by atomic mass is 9.95. The first-order valence-corrected chi connectivity index (χ1v) is 10.1. The Morgan fingerprint density at radius 3 is 2.38 bits per heavy atom. The Bertz CT molecular complexity index is 580. The average molecular weight is 418 g/mol. The lowest BCUT2D eigenvalue weighted by molar-refractivity contribution is 0.239. The van der Waals surface area contributed by atoms with Crippen molar-refractivity contribution in [2.24, 2.45) is 0 Å². The van der Waals surface area contributed by atoms with Gasteiger partial charge in [-0.05, 0) is 30.5 Å². The second-order valence-corrected chi connectivity index (χ2v) is 9.79. The molecule has 1 aromatic heterocycles. The summed E-state index contributed by atoms with van der Waals surface area (Å²) in [6.07, 6.45) is 0.844. The van der Waals surface area contributed by atoms with Crippen molar-refractivity contribution in [3.8, 4) is 0 Å². The molecular formula is C15H29Cl2N3O2S2. The number of nitrogens with zero attached hydrogens (tertiary/aromatic N) is 1. The van der Waals surface area contributed by atoms with E-state index < -0.39 is 10.0 Å². The second kappa shape index (κ2) is 10.3. The van der Waals surface area contributed by atoms with E-state index in [0.717, 1.165) is 44.0 Å². The van der Waals surface area contributed by atoms with Gasteiger partial charge in [-0.2, -0.15) is 0 Å². The molecule has 0 bridgehead atoms. The highest BCUT2D eigenvalue weighted by Gasteiger charge is 2.21. The molecule has 9 heteroatoms. The molecule has 0 atom stereocenters. The lowest BCUT2D eigenvalue weighted by Gasteiger charge is -2.26. The highest BCUT2D eigenvalue weighted by Crippen LogP contribution is 2.31. The van der Waals surface area contributed by atoms with Crippen LogP contribution in [0.3, 0.4) is 0 Å². The molecule has 2 heterocycles.